The molecule has 1 aliphatic carbocycles. The van der Waals surface area contributed by atoms with E-state index in [4.69, 9.17) is 0 Å². The van der Waals surface area contributed by atoms with Crippen LogP contribution in [0.25, 0.3) is 99.5 Å². The van der Waals surface area contributed by atoms with E-state index in [9.17, 15) is 0 Å². The lowest BCUT2D eigenvalue weighted by Crippen LogP contribution is -2.04. The number of benzene rings is 10. The van der Waals surface area contributed by atoms with Gasteiger partial charge in [0.25, 0.3) is 0 Å². The smallest absolute Gasteiger partial charge is 0.0544 e. The van der Waals surface area contributed by atoms with Crippen molar-refractivity contribution in [3.63, 3.8) is 0 Å². The van der Waals surface area contributed by atoms with Gasteiger partial charge in [-0.05, 0) is 140 Å². The van der Waals surface area contributed by atoms with Crippen LogP contribution in [0.1, 0.15) is 22.3 Å². The summed E-state index contributed by atoms with van der Waals surface area (Å²) in [5, 5.41) is 5.04. The van der Waals surface area contributed by atoms with E-state index in [-0.39, 0.29) is 0 Å². The highest BCUT2D eigenvalue weighted by Gasteiger charge is 2.24. The number of hydrogen-bond acceptors (Lipinski definition) is 0. The number of fused-ring (bicyclic) bond motifs is 12. The first-order valence-corrected chi connectivity index (χ1v) is 22.3. The first kappa shape index (κ1) is 36.5. The first-order valence-electron chi connectivity index (χ1n) is 22.3. The first-order chi connectivity index (χ1) is 31.7. The van der Waals surface area contributed by atoms with Gasteiger partial charge in [-0.2, -0.15) is 0 Å². The van der Waals surface area contributed by atoms with E-state index in [1.54, 1.807) is 0 Å². The fourth-order valence-corrected chi connectivity index (χ4v) is 10.6. The predicted octanol–water partition coefficient (Wildman–Crippen LogP) is 16.0. The Morgan fingerprint density at radius 2 is 0.672 bits per heavy atom. The van der Waals surface area contributed by atoms with Crippen LogP contribution in [0.5, 0.6) is 0 Å². The minimum atomic E-state index is 0.800. The van der Waals surface area contributed by atoms with Gasteiger partial charge in [0.1, 0.15) is 0 Å². The predicted molar refractivity (Wildman–Crippen MR) is 269 cm³/mol. The van der Waals surface area contributed by atoms with Crippen molar-refractivity contribution in [3.8, 4) is 55.9 Å². The highest BCUT2D eigenvalue weighted by atomic mass is 15.0. The molecule has 0 atom stereocenters. The van der Waals surface area contributed by atoms with Crippen LogP contribution >= 0.6 is 0 Å². The molecule has 1 aliphatic rings. The van der Waals surface area contributed by atoms with Crippen LogP contribution in [0.3, 0.4) is 0 Å². The van der Waals surface area contributed by atoms with E-state index in [2.05, 4.69) is 240 Å². The number of para-hydroxylation sites is 2. The van der Waals surface area contributed by atoms with E-state index in [0.29, 0.717) is 0 Å². The molecule has 0 aliphatic heterocycles. The van der Waals surface area contributed by atoms with Crippen LogP contribution in [0, 0.1) is 0 Å². The third-order valence-corrected chi connectivity index (χ3v) is 13.6. The summed E-state index contributed by atoms with van der Waals surface area (Å²) in [6.45, 7) is 0. The van der Waals surface area contributed by atoms with E-state index in [1.807, 2.05) is 0 Å². The third-order valence-electron chi connectivity index (χ3n) is 13.6. The van der Waals surface area contributed by atoms with Gasteiger partial charge in [-0.25, -0.2) is 0 Å². The Balaban J connectivity index is 1.09. The van der Waals surface area contributed by atoms with E-state index in [1.165, 1.54) is 110 Å². The van der Waals surface area contributed by atoms with E-state index in [0.717, 1.165) is 24.2 Å². The Bertz CT molecular complexity index is 3760. The molecular weight excluding hydrogens is 773 g/mol. The number of nitrogens with zero attached hydrogens (tertiary/aromatic N) is 2. The summed E-state index contributed by atoms with van der Waals surface area (Å²) in [5.74, 6) is 0. The molecule has 2 heteroatoms. The Morgan fingerprint density at radius 1 is 0.234 bits per heavy atom. The molecule has 13 rings (SSSR count). The zero-order valence-corrected chi connectivity index (χ0v) is 35.2. The molecular formula is C62H42N2. The highest BCUT2D eigenvalue weighted by Crippen LogP contribution is 2.45. The molecule has 12 aromatic rings. The van der Waals surface area contributed by atoms with Crippen molar-refractivity contribution < 1.29 is 0 Å². The van der Waals surface area contributed by atoms with Crippen molar-refractivity contribution in [2.75, 3.05) is 0 Å². The molecule has 64 heavy (non-hydrogen) atoms. The Labute approximate surface area is 372 Å². The largest absolute Gasteiger partial charge is 0.309 e. The summed E-state index contributed by atoms with van der Waals surface area (Å²) in [6, 6.07) is 85.5. The maximum absolute atomic E-state index is 2.52. The Hall–Kier alpha value is -8.20. The summed E-state index contributed by atoms with van der Waals surface area (Å²) in [6.07, 6.45) is 1.60. The van der Waals surface area contributed by atoms with Gasteiger partial charge in [0.2, 0.25) is 0 Å². The quantitative estimate of drug-likeness (QED) is 0.167. The highest BCUT2D eigenvalue weighted by molar-refractivity contribution is 6.13. The van der Waals surface area contributed by atoms with Gasteiger partial charge in [0.05, 0.1) is 22.1 Å². The van der Waals surface area contributed by atoms with Crippen LogP contribution in [0.2, 0.25) is 0 Å². The van der Waals surface area contributed by atoms with Crippen LogP contribution < -0.4 is 0 Å². The monoisotopic (exact) mass is 814 g/mol. The van der Waals surface area contributed by atoms with Crippen molar-refractivity contribution in [1.29, 1.82) is 0 Å². The average Bonchev–Trinajstić information content (AvgIpc) is 3.86. The van der Waals surface area contributed by atoms with Crippen molar-refractivity contribution >= 4 is 43.6 Å². The van der Waals surface area contributed by atoms with Crippen molar-refractivity contribution in [2.45, 2.75) is 12.8 Å². The molecule has 0 N–H and O–H groups in total. The fraction of sp³-hybridized carbons (Fsp3) is 0.0323. The minimum Gasteiger partial charge on any atom is -0.309 e. The average molecular weight is 815 g/mol. The fourth-order valence-electron chi connectivity index (χ4n) is 10.6. The molecule has 0 saturated heterocycles. The SMILES string of the molecule is c1ccc(-c2ccc(-n3c4ccccc4c4cc5c(cc43)Cc3ccccc3-c3ccccc3Cc3cc4c(cc3-5)c3ccccc3n4-c3cccc(-c4ccccc4)c3)cc2)cc1. The standard InChI is InChI=1S/C62H42N2/c1-3-16-41(17-4-1)43-30-32-49(33-31-43)63-59-28-13-11-26-53(59)57-39-55-47(37-61(57)63)34-45-20-7-9-24-51(45)52-25-10-8-21-46(52)35-48-38-62-58(40-56(48)55)54-27-12-14-29-60(54)64(62)50-23-15-22-44(36-50)42-18-5-2-6-19-42/h1-33,36-40H,34-35H2. The molecule has 10 aromatic carbocycles. The molecule has 300 valence electrons. The molecule has 2 aromatic heterocycles. The van der Waals surface area contributed by atoms with Gasteiger partial charge in [-0.3, -0.25) is 0 Å². The lowest BCUT2D eigenvalue weighted by atomic mass is 9.83. The second kappa shape index (κ2) is 14.7. The van der Waals surface area contributed by atoms with Gasteiger partial charge in [-0.1, -0.05) is 170 Å². The summed E-state index contributed by atoms with van der Waals surface area (Å²) in [5.41, 5.74) is 22.6. The maximum Gasteiger partial charge on any atom is 0.0544 e. The van der Waals surface area contributed by atoms with Gasteiger partial charge in [0.15, 0.2) is 0 Å². The lowest BCUT2D eigenvalue weighted by Gasteiger charge is -2.22. The van der Waals surface area contributed by atoms with Gasteiger partial charge < -0.3 is 9.13 Å². The zero-order valence-electron chi connectivity index (χ0n) is 35.2. The Kier molecular flexibility index (Phi) is 8.39. The van der Waals surface area contributed by atoms with Crippen LogP contribution in [-0.4, -0.2) is 9.13 Å². The van der Waals surface area contributed by atoms with Crippen molar-refractivity contribution in [3.05, 3.63) is 253 Å². The van der Waals surface area contributed by atoms with Crippen LogP contribution in [-0.2, 0) is 12.8 Å². The molecule has 0 bridgehead atoms. The maximum atomic E-state index is 2.52. The van der Waals surface area contributed by atoms with Crippen LogP contribution in [0.15, 0.2) is 231 Å². The van der Waals surface area contributed by atoms with Crippen molar-refractivity contribution in [2.24, 2.45) is 0 Å². The molecule has 0 amide bonds. The molecule has 2 nitrogen and oxygen atoms in total. The second-order valence-corrected chi connectivity index (χ2v) is 17.3. The molecule has 0 radical (unpaired) electrons. The van der Waals surface area contributed by atoms with Gasteiger partial charge in [0, 0.05) is 32.9 Å². The van der Waals surface area contributed by atoms with Crippen molar-refractivity contribution in [1.82, 2.24) is 9.13 Å². The Morgan fingerprint density at radius 3 is 1.23 bits per heavy atom. The van der Waals surface area contributed by atoms with Gasteiger partial charge in [-0.15, -0.1) is 0 Å². The van der Waals surface area contributed by atoms with Crippen LogP contribution in [0.4, 0.5) is 0 Å². The summed E-state index contributed by atoms with van der Waals surface area (Å²) in [4.78, 5) is 0. The summed E-state index contributed by atoms with van der Waals surface area (Å²) in [7, 11) is 0. The number of hydrogen-bond donors (Lipinski definition) is 0. The second-order valence-electron chi connectivity index (χ2n) is 17.3. The molecule has 0 spiro atoms. The normalized spacial score (nSPS) is 12.2. The number of rotatable bonds is 4. The molecule has 2 heterocycles. The summed E-state index contributed by atoms with van der Waals surface area (Å²) < 4.78 is 4.96. The minimum absolute atomic E-state index is 0.800. The number of aromatic nitrogens is 2. The zero-order chi connectivity index (χ0) is 42.1. The lowest BCUT2D eigenvalue weighted by molar-refractivity contribution is 1.13. The molecule has 0 saturated carbocycles. The van der Waals surface area contributed by atoms with E-state index < -0.39 is 0 Å². The van der Waals surface area contributed by atoms with E-state index >= 15 is 0 Å². The molecule has 0 unspecified atom stereocenters. The summed E-state index contributed by atoms with van der Waals surface area (Å²) >= 11 is 0. The van der Waals surface area contributed by atoms with Gasteiger partial charge >= 0.3 is 0 Å². The topological polar surface area (TPSA) is 9.86 Å². The third kappa shape index (κ3) is 5.87. The molecule has 0 fully saturated rings.